The van der Waals surface area contributed by atoms with E-state index in [9.17, 15) is 4.79 Å². The molecule has 0 spiro atoms. The first-order valence-electron chi connectivity index (χ1n) is 10.3. The topological polar surface area (TPSA) is 69.2 Å². The van der Waals surface area contributed by atoms with E-state index in [1.165, 1.54) is 0 Å². The molecule has 3 rings (SSSR count). The number of methoxy groups -OCH3 is 1. The summed E-state index contributed by atoms with van der Waals surface area (Å²) in [4.78, 5) is 12.2. The number of amides is 1. The van der Waals surface area contributed by atoms with Crippen LogP contribution in [-0.2, 0) is 17.8 Å². The number of carbonyl (C=O) groups excluding carboxylic acids is 1. The maximum atomic E-state index is 12.2. The Morgan fingerprint density at radius 3 is 2.42 bits per heavy atom. The van der Waals surface area contributed by atoms with Gasteiger partial charge >= 0.3 is 0 Å². The van der Waals surface area contributed by atoms with E-state index in [1.54, 1.807) is 13.3 Å². The summed E-state index contributed by atoms with van der Waals surface area (Å²) in [6, 6.07) is 19.1. The third kappa shape index (κ3) is 7.75. The van der Waals surface area contributed by atoms with Crippen molar-refractivity contribution >= 4 is 50.6 Å². The van der Waals surface area contributed by atoms with Gasteiger partial charge < -0.3 is 14.2 Å². The number of nitrogens with one attached hydrogen (secondary N) is 1. The standard InChI is InChI=1S/C25H24BrIN2O4/c1-3-32-23-13-19(12-22(27)25(23)33-16-18-4-8-20(26)9-5-18)15-28-29-24(30)14-17-6-10-21(31-2)11-7-17/h4-13,15H,3,14,16H2,1-2H3,(H,29,30)/b28-15-. The highest BCUT2D eigenvalue weighted by atomic mass is 127. The molecule has 0 aromatic heterocycles. The van der Waals surface area contributed by atoms with Crippen molar-refractivity contribution in [3.8, 4) is 17.2 Å². The van der Waals surface area contributed by atoms with Gasteiger partial charge in [-0.15, -0.1) is 0 Å². The van der Waals surface area contributed by atoms with Crippen molar-refractivity contribution in [1.29, 1.82) is 0 Å². The second-order valence-corrected chi connectivity index (χ2v) is 9.07. The Hall–Kier alpha value is -2.59. The number of hydrogen-bond donors (Lipinski definition) is 1. The Balaban J connectivity index is 1.63. The van der Waals surface area contributed by atoms with Crippen LogP contribution in [0, 0.1) is 3.57 Å². The second-order valence-electron chi connectivity index (χ2n) is 7.00. The van der Waals surface area contributed by atoms with E-state index in [-0.39, 0.29) is 12.3 Å². The van der Waals surface area contributed by atoms with Crippen LogP contribution < -0.4 is 19.6 Å². The predicted molar refractivity (Wildman–Crippen MR) is 141 cm³/mol. The van der Waals surface area contributed by atoms with Gasteiger partial charge in [-0.3, -0.25) is 4.79 Å². The molecule has 0 atom stereocenters. The lowest BCUT2D eigenvalue weighted by atomic mass is 10.1. The van der Waals surface area contributed by atoms with Gasteiger partial charge in [0.05, 0.1) is 29.9 Å². The summed E-state index contributed by atoms with van der Waals surface area (Å²) in [7, 11) is 1.61. The highest BCUT2D eigenvalue weighted by Gasteiger charge is 2.12. The molecule has 0 bridgehead atoms. The van der Waals surface area contributed by atoms with Crippen LogP contribution in [-0.4, -0.2) is 25.8 Å². The number of carbonyl (C=O) groups is 1. The van der Waals surface area contributed by atoms with Crippen LogP contribution in [0.3, 0.4) is 0 Å². The minimum atomic E-state index is -0.203. The summed E-state index contributed by atoms with van der Waals surface area (Å²) < 4.78 is 18.9. The first kappa shape index (κ1) is 25.0. The lowest BCUT2D eigenvalue weighted by Gasteiger charge is -2.15. The molecule has 0 saturated carbocycles. The molecule has 1 amide bonds. The molecule has 0 aliphatic rings. The quantitative estimate of drug-likeness (QED) is 0.178. The first-order valence-corrected chi connectivity index (χ1v) is 12.1. The van der Waals surface area contributed by atoms with Crippen LogP contribution in [0.1, 0.15) is 23.6 Å². The molecule has 33 heavy (non-hydrogen) atoms. The average Bonchev–Trinajstić information content (AvgIpc) is 2.80. The van der Waals surface area contributed by atoms with E-state index >= 15 is 0 Å². The molecule has 0 radical (unpaired) electrons. The zero-order chi connectivity index (χ0) is 23.6. The molecule has 3 aromatic rings. The number of benzene rings is 3. The molecule has 0 saturated heterocycles. The number of nitrogens with zero attached hydrogens (tertiary/aromatic N) is 1. The van der Waals surface area contributed by atoms with Crippen molar-refractivity contribution in [3.05, 3.63) is 85.4 Å². The number of halogens is 2. The predicted octanol–water partition coefficient (Wildman–Crippen LogP) is 5.73. The maximum Gasteiger partial charge on any atom is 0.244 e. The molecular weight excluding hydrogens is 599 g/mol. The van der Waals surface area contributed by atoms with Crippen LogP contribution >= 0.6 is 38.5 Å². The fraction of sp³-hybridized carbons (Fsp3) is 0.200. The molecule has 0 fully saturated rings. The van der Waals surface area contributed by atoms with Crippen molar-refractivity contribution in [3.63, 3.8) is 0 Å². The van der Waals surface area contributed by atoms with Gasteiger partial charge in [0, 0.05) is 4.47 Å². The zero-order valence-corrected chi connectivity index (χ0v) is 22.1. The van der Waals surface area contributed by atoms with Crippen LogP contribution in [0.4, 0.5) is 0 Å². The van der Waals surface area contributed by atoms with E-state index in [0.29, 0.717) is 24.7 Å². The lowest BCUT2D eigenvalue weighted by Crippen LogP contribution is -2.19. The van der Waals surface area contributed by atoms with Gasteiger partial charge in [-0.25, -0.2) is 5.43 Å². The van der Waals surface area contributed by atoms with Gasteiger partial charge in [0.2, 0.25) is 5.91 Å². The number of hydrazone groups is 1. The fourth-order valence-corrected chi connectivity index (χ4v) is 3.99. The minimum Gasteiger partial charge on any atom is -0.497 e. The summed E-state index contributed by atoms with van der Waals surface area (Å²) in [5.41, 5.74) is 5.30. The summed E-state index contributed by atoms with van der Waals surface area (Å²) >= 11 is 5.65. The molecule has 1 N–H and O–H groups in total. The SMILES string of the molecule is CCOc1cc(/C=N\NC(=O)Cc2ccc(OC)cc2)cc(I)c1OCc1ccc(Br)cc1. The summed E-state index contributed by atoms with van der Waals surface area (Å²) in [6.07, 6.45) is 1.82. The molecule has 0 aliphatic heterocycles. The largest absolute Gasteiger partial charge is 0.497 e. The van der Waals surface area contributed by atoms with E-state index in [4.69, 9.17) is 14.2 Å². The van der Waals surface area contributed by atoms with Crippen molar-refractivity contribution in [2.45, 2.75) is 20.0 Å². The van der Waals surface area contributed by atoms with Gasteiger partial charge in [-0.05, 0) is 82.6 Å². The van der Waals surface area contributed by atoms with E-state index in [1.807, 2.05) is 67.6 Å². The molecule has 0 unspecified atom stereocenters. The Morgan fingerprint density at radius 2 is 1.76 bits per heavy atom. The molecule has 0 heterocycles. The average molecular weight is 623 g/mol. The van der Waals surface area contributed by atoms with Crippen molar-refractivity contribution < 1.29 is 19.0 Å². The Morgan fingerprint density at radius 1 is 1.06 bits per heavy atom. The van der Waals surface area contributed by atoms with E-state index in [2.05, 4.69) is 49.0 Å². The zero-order valence-electron chi connectivity index (χ0n) is 18.3. The molecule has 6 nitrogen and oxygen atoms in total. The third-order valence-electron chi connectivity index (χ3n) is 4.55. The lowest BCUT2D eigenvalue weighted by molar-refractivity contribution is -0.120. The highest BCUT2D eigenvalue weighted by molar-refractivity contribution is 14.1. The molecule has 8 heteroatoms. The van der Waals surface area contributed by atoms with Crippen LogP contribution in [0.2, 0.25) is 0 Å². The Kier molecular flexibility index (Phi) is 9.56. The molecular formula is C25H24BrIN2O4. The fourth-order valence-electron chi connectivity index (χ4n) is 2.95. The highest BCUT2D eigenvalue weighted by Crippen LogP contribution is 2.34. The number of rotatable bonds is 10. The first-order chi connectivity index (χ1) is 16.0. The minimum absolute atomic E-state index is 0.203. The van der Waals surface area contributed by atoms with Gasteiger partial charge in [0.25, 0.3) is 0 Å². The molecule has 172 valence electrons. The van der Waals surface area contributed by atoms with Crippen LogP contribution in [0.15, 0.2) is 70.2 Å². The maximum absolute atomic E-state index is 12.2. The van der Waals surface area contributed by atoms with Crippen molar-refractivity contribution in [1.82, 2.24) is 5.43 Å². The Bertz CT molecular complexity index is 1100. The summed E-state index contributed by atoms with van der Waals surface area (Å²) in [5, 5.41) is 4.09. The van der Waals surface area contributed by atoms with Gasteiger partial charge in [0.1, 0.15) is 12.4 Å². The third-order valence-corrected chi connectivity index (χ3v) is 5.88. The van der Waals surface area contributed by atoms with Crippen LogP contribution in [0.5, 0.6) is 17.2 Å². The van der Waals surface area contributed by atoms with E-state index in [0.717, 1.165) is 30.5 Å². The normalized spacial score (nSPS) is 10.8. The van der Waals surface area contributed by atoms with Gasteiger partial charge in [-0.1, -0.05) is 40.2 Å². The van der Waals surface area contributed by atoms with Gasteiger partial charge in [-0.2, -0.15) is 5.10 Å². The summed E-state index contributed by atoms with van der Waals surface area (Å²) in [5.74, 6) is 1.86. The smallest absolute Gasteiger partial charge is 0.244 e. The Labute approximate surface area is 215 Å². The monoisotopic (exact) mass is 622 g/mol. The van der Waals surface area contributed by atoms with Crippen LogP contribution in [0.25, 0.3) is 0 Å². The van der Waals surface area contributed by atoms with Crippen molar-refractivity contribution in [2.24, 2.45) is 5.10 Å². The molecule has 3 aromatic carbocycles. The second kappa shape index (κ2) is 12.6. The molecule has 0 aliphatic carbocycles. The number of hydrogen-bond acceptors (Lipinski definition) is 5. The van der Waals surface area contributed by atoms with E-state index < -0.39 is 0 Å². The number of ether oxygens (including phenoxy) is 3. The summed E-state index contributed by atoms with van der Waals surface area (Å²) in [6.45, 7) is 2.85. The van der Waals surface area contributed by atoms with Gasteiger partial charge in [0.15, 0.2) is 11.5 Å². The van der Waals surface area contributed by atoms with Crippen molar-refractivity contribution in [2.75, 3.05) is 13.7 Å².